The maximum absolute atomic E-state index is 12.7. The number of anilines is 1. The van der Waals surface area contributed by atoms with Crippen LogP contribution in [-0.2, 0) is 11.0 Å². The minimum Gasteiger partial charge on any atom is -0.312 e. The second kappa shape index (κ2) is 4.33. The molecule has 0 bridgehead atoms. The molecular formula is C12H9F3N2O. The fourth-order valence-electron chi connectivity index (χ4n) is 1.95. The molecule has 1 fully saturated rings. The molecule has 2 rings (SSSR count). The zero-order valence-electron chi connectivity index (χ0n) is 9.29. The molecule has 6 heteroatoms. The van der Waals surface area contributed by atoms with Gasteiger partial charge in [0.1, 0.15) is 0 Å². The van der Waals surface area contributed by atoms with E-state index in [2.05, 4.69) is 0 Å². The van der Waals surface area contributed by atoms with Crippen molar-refractivity contribution in [2.75, 3.05) is 11.4 Å². The summed E-state index contributed by atoms with van der Waals surface area (Å²) in [7, 11) is 0. The summed E-state index contributed by atoms with van der Waals surface area (Å²) in [5.74, 6) is -0.187. The molecule has 0 N–H and O–H groups in total. The Morgan fingerprint density at radius 1 is 1.33 bits per heavy atom. The van der Waals surface area contributed by atoms with E-state index < -0.39 is 17.3 Å². The Hall–Kier alpha value is -2.03. The summed E-state index contributed by atoms with van der Waals surface area (Å²) in [5.41, 5.74) is -1.23. The van der Waals surface area contributed by atoms with Crippen molar-refractivity contribution in [2.24, 2.45) is 0 Å². The first-order valence-corrected chi connectivity index (χ1v) is 5.35. The molecule has 1 aromatic rings. The summed E-state index contributed by atoms with van der Waals surface area (Å²) in [6.45, 7) is 0.419. The van der Waals surface area contributed by atoms with Crippen LogP contribution in [-0.4, -0.2) is 12.5 Å². The Labute approximate surface area is 101 Å². The van der Waals surface area contributed by atoms with Crippen molar-refractivity contribution in [1.29, 1.82) is 5.26 Å². The van der Waals surface area contributed by atoms with Gasteiger partial charge in [-0.05, 0) is 24.6 Å². The van der Waals surface area contributed by atoms with E-state index >= 15 is 0 Å². The van der Waals surface area contributed by atoms with Gasteiger partial charge in [0.15, 0.2) is 0 Å². The highest BCUT2D eigenvalue weighted by Crippen LogP contribution is 2.35. The normalized spacial score (nSPS) is 15.9. The Kier molecular flexibility index (Phi) is 2.99. The molecule has 0 spiro atoms. The fourth-order valence-corrected chi connectivity index (χ4v) is 1.95. The third kappa shape index (κ3) is 2.16. The second-order valence-electron chi connectivity index (χ2n) is 3.99. The zero-order valence-corrected chi connectivity index (χ0v) is 9.29. The Morgan fingerprint density at radius 2 is 2.06 bits per heavy atom. The average molecular weight is 254 g/mol. The number of rotatable bonds is 1. The molecule has 3 nitrogen and oxygen atoms in total. The minimum atomic E-state index is -4.59. The number of amides is 1. The number of benzene rings is 1. The van der Waals surface area contributed by atoms with Crippen molar-refractivity contribution < 1.29 is 18.0 Å². The molecule has 94 valence electrons. The van der Waals surface area contributed by atoms with E-state index in [1.807, 2.05) is 0 Å². The van der Waals surface area contributed by atoms with Gasteiger partial charge in [0.05, 0.1) is 17.2 Å². The number of nitriles is 1. The maximum atomic E-state index is 12.7. The first-order valence-electron chi connectivity index (χ1n) is 5.35. The number of alkyl halides is 3. The van der Waals surface area contributed by atoms with Gasteiger partial charge in [-0.15, -0.1) is 0 Å². The van der Waals surface area contributed by atoms with E-state index in [0.29, 0.717) is 19.4 Å². The molecule has 0 atom stereocenters. The number of hydrogen-bond donors (Lipinski definition) is 0. The molecule has 1 aliphatic heterocycles. The van der Waals surface area contributed by atoms with Gasteiger partial charge >= 0.3 is 6.18 Å². The van der Waals surface area contributed by atoms with E-state index in [4.69, 9.17) is 5.26 Å². The molecular weight excluding hydrogens is 245 g/mol. The SMILES string of the molecule is N#Cc1ccc(N2CCCC2=O)cc1C(F)(F)F. The van der Waals surface area contributed by atoms with Crippen LogP contribution in [0.5, 0.6) is 0 Å². The van der Waals surface area contributed by atoms with E-state index in [1.165, 1.54) is 17.0 Å². The summed E-state index contributed by atoms with van der Waals surface area (Å²) < 4.78 is 38.2. The second-order valence-corrected chi connectivity index (χ2v) is 3.99. The van der Waals surface area contributed by atoms with Crippen LogP contribution >= 0.6 is 0 Å². The lowest BCUT2D eigenvalue weighted by Gasteiger charge is -2.18. The summed E-state index contributed by atoms with van der Waals surface area (Å²) >= 11 is 0. The predicted octanol–water partition coefficient (Wildman–Crippen LogP) is 2.70. The molecule has 18 heavy (non-hydrogen) atoms. The highest BCUT2D eigenvalue weighted by Gasteiger charge is 2.35. The molecule has 0 aromatic heterocycles. The van der Waals surface area contributed by atoms with Gasteiger partial charge in [-0.3, -0.25) is 4.79 Å². The molecule has 1 aromatic carbocycles. The van der Waals surface area contributed by atoms with E-state index in [9.17, 15) is 18.0 Å². The van der Waals surface area contributed by atoms with Crippen LogP contribution in [0, 0.1) is 11.3 Å². The summed E-state index contributed by atoms with van der Waals surface area (Å²) in [4.78, 5) is 12.8. The van der Waals surface area contributed by atoms with Crippen LogP contribution in [0.4, 0.5) is 18.9 Å². The van der Waals surface area contributed by atoms with Crippen molar-refractivity contribution >= 4 is 11.6 Å². The zero-order chi connectivity index (χ0) is 13.3. The Balaban J connectivity index is 2.47. The number of halogens is 3. The van der Waals surface area contributed by atoms with Crippen molar-refractivity contribution in [3.8, 4) is 6.07 Å². The largest absolute Gasteiger partial charge is 0.417 e. The number of carbonyl (C=O) groups is 1. The van der Waals surface area contributed by atoms with E-state index in [0.717, 1.165) is 12.1 Å². The summed E-state index contributed by atoms with van der Waals surface area (Å²) in [6, 6.07) is 4.84. The molecule has 1 amide bonds. The summed E-state index contributed by atoms with van der Waals surface area (Å²) in [6.07, 6.45) is -3.61. The van der Waals surface area contributed by atoms with Gasteiger partial charge in [-0.1, -0.05) is 0 Å². The van der Waals surface area contributed by atoms with Crippen molar-refractivity contribution in [1.82, 2.24) is 0 Å². The minimum absolute atomic E-state index is 0.187. The van der Waals surface area contributed by atoms with Crippen LogP contribution in [0.1, 0.15) is 24.0 Å². The molecule has 0 radical (unpaired) electrons. The van der Waals surface area contributed by atoms with Crippen LogP contribution in [0.15, 0.2) is 18.2 Å². The van der Waals surface area contributed by atoms with Crippen LogP contribution in [0.2, 0.25) is 0 Å². The predicted molar refractivity (Wildman–Crippen MR) is 57.7 cm³/mol. The van der Waals surface area contributed by atoms with Gasteiger partial charge in [0.25, 0.3) is 0 Å². The number of hydrogen-bond acceptors (Lipinski definition) is 2. The first kappa shape index (κ1) is 12.4. The molecule has 0 saturated carbocycles. The van der Waals surface area contributed by atoms with Crippen LogP contribution in [0.3, 0.4) is 0 Å². The van der Waals surface area contributed by atoms with Crippen molar-refractivity contribution in [3.05, 3.63) is 29.3 Å². The van der Waals surface area contributed by atoms with Crippen molar-refractivity contribution in [2.45, 2.75) is 19.0 Å². The molecule has 0 unspecified atom stereocenters. The lowest BCUT2D eigenvalue weighted by Crippen LogP contribution is -2.24. The molecule has 1 saturated heterocycles. The van der Waals surface area contributed by atoms with Gasteiger partial charge in [0, 0.05) is 18.7 Å². The number of carbonyl (C=O) groups excluding carboxylic acids is 1. The first-order chi connectivity index (χ1) is 8.43. The molecule has 1 aliphatic rings. The highest BCUT2D eigenvalue weighted by atomic mass is 19.4. The van der Waals surface area contributed by atoms with Gasteiger partial charge < -0.3 is 4.90 Å². The number of nitrogens with zero attached hydrogens (tertiary/aromatic N) is 2. The lowest BCUT2D eigenvalue weighted by atomic mass is 10.1. The smallest absolute Gasteiger partial charge is 0.312 e. The quantitative estimate of drug-likeness (QED) is 0.773. The van der Waals surface area contributed by atoms with E-state index in [1.54, 1.807) is 0 Å². The maximum Gasteiger partial charge on any atom is 0.417 e. The topological polar surface area (TPSA) is 44.1 Å². The van der Waals surface area contributed by atoms with Crippen LogP contribution in [0.25, 0.3) is 0 Å². The standard InChI is InChI=1S/C12H9F3N2O/c13-12(14,15)10-6-9(4-3-8(10)7-16)17-5-1-2-11(17)18/h3-4,6H,1-2,5H2. The highest BCUT2D eigenvalue weighted by molar-refractivity contribution is 5.95. The molecule has 0 aliphatic carbocycles. The van der Waals surface area contributed by atoms with Gasteiger partial charge in [-0.25, -0.2) is 0 Å². The summed E-state index contributed by atoms with van der Waals surface area (Å²) in [5, 5.41) is 8.66. The van der Waals surface area contributed by atoms with Crippen LogP contribution < -0.4 is 4.90 Å². The van der Waals surface area contributed by atoms with Gasteiger partial charge in [0.2, 0.25) is 5.91 Å². The monoisotopic (exact) mass is 254 g/mol. The van der Waals surface area contributed by atoms with E-state index in [-0.39, 0.29) is 11.6 Å². The van der Waals surface area contributed by atoms with Gasteiger partial charge in [-0.2, -0.15) is 18.4 Å². The Bertz CT molecular complexity index is 531. The fraction of sp³-hybridized carbons (Fsp3) is 0.333. The third-order valence-electron chi connectivity index (χ3n) is 2.81. The molecule has 1 heterocycles. The average Bonchev–Trinajstić information content (AvgIpc) is 2.73. The van der Waals surface area contributed by atoms with Crippen molar-refractivity contribution in [3.63, 3.8) is 0 Å². The third-order valence-corrected chi connectivity index (χ3v) is 2.81. The lowest BCUT2D eigenvalue weighted by molar-refractivity contribution is -0.137. The Morgan fingerprint density at radius 3 is 2.56 bits per heavy atom.